The van der Waals surface area contributed by atoms with Crippen molar-refractivity contribution in [3.8, 4) is 0 Å². The topological polar surface area (TPSA) is 55.6 Å². The van der Waals surface area contributed by atoms with Crippen LogP contribution in [0, 0.1) is 13.8 Å². The fourth-order valence-corrected chi connectivity index (χ4v) is 2.28. The molecule has 2 heterocycles. The Morgan fingerprint density at radius 3 is 2.80 bits per heavy atom. The number of rotatable bonds is 3. The van der Waals surface area contributed by atoms with Crippen LogP contribution >= 0.6 is 11.3 Å². The van der Waals surface area contributed by atoms with Crippen LogP contribution in [0.3, 0.4) is 0 Å². The molecule has 0 unspecified atom stereocenters. The molecule has 0 atom stereocenters. The van der Waals surface area contributed by atoms with Crippen molar-refractivity contribution in [3.05, 3.63) is 21.4 Å². The van der Waals surface area contributed by atoms with Crippen molar-refractivity contribution >= 4 is 17.3 Å². The summed E-state index contributed by atoms with van der Waals surface area (Å²) in [6.07, 6.45) is 0. The van der Waals surface area contributed by atoms with Gasteiger partial charge in [-0.2, -0.15) is 0 Å². The van der Waals surface area contributed by atoms with E-state index < -0.39 is 0 Å². The van der Waals surface area contributed by atoms with E-state index in [0.29, 0.717) is 5.95 Å². The van der Waals surface area contributed by atoms with Gasteiger partial charge in [0.2, 0.25) is 5.95 Å². The zero-order chi connectivity index (χ0) is 10.8. The van der Waals surface area contributed by atoms with Crippen molar-refractivity contribution in [2.45, 2.75) is 20.4 Å². The summed E-state index contributed by atoms with van der Waals surface area (Å²) in [6, 6.07) is 2.19. The number of hydrogen-bond donors (Lipinski definition) is 1. The molecule has 0 aliphatic carbocycles. The maximum Gasteiger partial charge on any atom is 0.242 e. The third-order valence-corrected chi connectivity index (χ3v) is 3.41. The number of hydrogen-bond acceptors (Lipinski definition) is 5. The summed E-state index contributed by atoms with van der Waals surface area (Å²) >= 11 is 1.80. The van der Waals surface area contributed by atoms with E-state index in [9.17, 15) is 0 Å². The average Bonchev–Trinajstić information content (AvgIpc) is 2.72. The molecule has 80 valence electrons. The van der Waals surface area contributed by atoms with Crippen LogP contribution in [0.5, 0.6) is 0 Å². The summed E-state index contributed by atoms with van der Waals surface area (Å²) in [4.78, 5) is 2.66. The highest BCUT2D eigenvalue weighted by Crippen LogP contribution is 2.20. The van der Waals surface area contributed by atoms with Crippen molar-refractivity contribution in [2.75, 3.05) is 5.32 Å². The summed E-state index contributed by atoms with van der Waals surface area (Å²) in [7, 11) is 1.81. The van der Waals surface area contributed by atoms with E-state index >= 15 is 0 Å². The first-order valence-corrected chi connectivity index (χ1v) is 5.50. The van der Waals surface area contributed by atoms with Gasteiger partial charge in [0.1, 0.15) is 0 Å². The molecule has 0 saturated carbocycles. The molecular formula is C9H13N5S. The normalized spacial score (nSPS) is 10.6. The van der Waals surface area contributed by atoms with Crippen LogP contribution in [0.25, 0.3) is 0 Å². The lowest BCUT2D eigenvalue weighted by atomic mass is 10.3. The largest absolute Gasteiger partial charge is 0.348 e. The third-order valence-electron chi connectivity index (χ3n) is 2.26. The van der Waals surface area contributed by atoms with Crippen LogP contribution in [-0.2, 0) is 13.6 Å². The molecule has 0 spiro atoms. The standard InChI is InChI=1S/C9H13N5S/c1-6-4-8(15-7(6)2)5-10-9-11-12-13-14(9)3/h4H,5H2,1-3H3,(H,10,11,13). The Labute approximate surface area is 92.1 Å². The second-order valence-corrected chi connectivity index (χ2v) is 4.77. The Hall–Kier alpha value is -1.43. The van der Waals surface area contributed by atoms with Crippen LogP contribution in [0.15, 0.2) is 6.07 Å². The molecule has 1 N–H and O–H groups in total. The minimum atomic E-state index is 0.693. The highest BCUT2D eigenvalue weighted by molar-refractivity contribution is 7.12. The third kappa shape index (κ3) is 2.15. The van der Waals surface area contributed by atoms with E-state index in [2.05, 4.69) is 40.8 Å². The van der Waals surface area contributed by atoms with Crippen LogP contribution in [-0.4, -0.2) is 20.2 Å². The van der Waals surface area contributed by atoms with Crippen LogP contribution in [0.2, 0.25) is 0 Å². The molecule has 0 fully saturated rings. The molecule has 0 saturated heterocycles. The maximum absolute atomic E-state index is 3.86. The number of tetrazole rings is 1. The molecule has 0 bridgehead atoms. The Morgan fingerprint density at radius 2 is 2.27 bits per heavy atom. The summed E-state index contributed by atoms with van der Waals surface area (Å²) in [6.45, 7) is 5.03. The SMILES string of the molecule is Cc1cc(CNc2nnnn2C)sc1C. The van der Waals surface area contributed by atoms with Gasteiger partial charge in [-0.15, -0.1) is 11.3 Å². The monoisotopic (exact) mass is 223 g/mol. The number of thiophene rings is 1. The van der Waals surface area contributed by atoms with Crippen LogP contribution < -0.4 is 5.32 Å². The molecule has 0 aliphatic rings. The minimum Gasteiger partial charge on any atom is -0.348 e. The first-order valence-electron chi connectivity index (χ1n) is 4.69. The van der Waals surface area contributed by atoms with Crippen molar-refractivity contribution in [3.63, 3.8) is 0 Å². The van der Waals surface area contributed by atoms with Gasteiger partial charge in [0.15, 0.2) is 0 Å². The number of anilines is 1. The molecule has 0 amide bonds. The molecule has 2 aromatic heterocycles. The second kappa shape index (κ2) is 3.98. The number of aromatic nitrogens is 4. The molecule has 2 rings (SSSR count). The fraction of sp³-hybridized carbons (Fsp3) is 0.444. The van der Waals surface area contributed by atoms with E-state index in [0.717, 1.165) is 6.54 Å². The fourth-order valence-electron chi connectivity index (χ4n) is 1.28. The lowest BCUT2D eigenvalue weighted by Gasteiger charge is -2.00. The first-order chi connectivity index (χ1) is 7.16. The van der Waals surface area contributed by atoms with Gasteiger partial charge in [-0.05, 0) is 35.9 Å². The van der Waals surface area contributed by atoms with Gasteiger partial charge in [0.05, 0.1) is 6.54 Å². The second-order valence-electron chi connectivity index (χ2n) is 3.43. The van der Waals surface area contributed by atoms with Crippen LogP contribution in [0.1, 0.15) is 15.3 Å². The van der Waals surface area contributed by atoms with Crippen molar-refractivity contribution in [1.82, 2.24) is 20.2 Å². The first kappa shape index (κ1) is 10.1. The van der Waals surface area contributed by atoms with Gasteiger partial charge in [0, 0.05) is 16.8 Å². The Bertz CT molecular complexity index is 439. The Morgan fingerprint density at radius 1 is 1.47 bits per heavy atom. The van der Waals surface area contributed by atoms with Gasteiger partial charge in [-0.3, -0.25) is 0 Å². The van der Waals surface area contributed by atoms with E-state index in [-0.39, 0.29) is 0 Å². The summed E-state index contributed by atoms with van der Waals surface area (Å²) in [5, 5.41) is 14.4. The quantitative estimate of drug-likeness (QED) is 0.856. The lowest BCUT2D eigenvalue weighted by molar-refractivity contribution is 0.712. The Kier molecular flexibility index (Phi) is 2.68. The van der Waals surface area contributed by atoms with Gasteiger partial charge < -0.3 is 5.32 Å². The van der Waals surface area contributed by atoms with Crippen LogP contribution in [0.4, 0.5) is 5.95 Å². The van der Waals surface area contributed by atoms with Crippen molar-refractivity contribution in [1.29, 1.82) is 0 Å². The number of aryl methyl sites for hydroxylation is 3. The van der Waals surface area contributed by atoms with Gasteiger partial charge in [-0.25, -0.2) is 4.68 Å². The van der Waals surface area contributed by atoms with Gasteiger partial charge in [-0.1, -0.05) is 5.10 Å². The Balaban J connectivity index is 2.02. The zero-order valence-electron chi connectivity index (χ0n) is 8.98. The highest BCUT2D eigenvalue weighted by Gasteiger charge is 2.04. The summed E-state index contributed by atoms with van der Waals surface area (Å²) in [5.41, 5.74) is 1.34. The van der Waals surface area contributed by atoms with Gasteiger partial charge >= 0.3 is 0 Å². The lowest BCUT2D eigenvalue weighted by Crippen LogP contribution is -2.04. The van der Waals surface area contributed by atoms with E-state index in [1.54, 1.807) is 16.0 Å². The van der Waals surface area contributed by atoms with Crippen molar-refractivity contribution in [2.24, 2.45) is 7.05 Å². The van der Waals surface area contributed by atoms with E-state index in [1.807, 2.05) is 7.05 Å². The molecule has 2 aromatic rings. The van der Waals surface area contributed by atoms with E-state index in [4.69, 9.17) is 0 Å². The zero-order valence-corrected chi connectivity index (χ0v) is 9.80. The summed E-state index contributed by atoms with van der Waals surface area (Å²) < 4.78 is 1.62. The molecule has 0 aliphatic heterocycles. The smallest absolute Gasteiger partial charge is 0.242 e. The molecule has 0 aromatic carbocycles. The number of nitrogens with one attached hydrogen (secondary N) is 1. The minimum absolute atomic E-state index is 0.693. The molecule has 15 heavy (non-hydrogen) atoms. The average molecular weight is 223 g/mol. The molecule has 0 radical (unpaired) electrons. The van der Waals surface area contributed by atoms with Gasteiger partial charge in [0.25, 0.3) is 0 Å². The maximum atomic E-state index is 3.86. The highest BCUT2D eigenvalue weighted by atomic mass is 32.1. The summed E-state index contributed by atoms with van der Waals surface area (Å²) in [5.74, 6) is 0.693. The molecular weight excluding hydrogens is 210 g/mol. The number of nitrogens with zero attached hydrogens (tertiary/aromatic N) is 4. The molecule has 6 heteroatoms. The molecule has 5 nitrogen and oxygen atoms in total. The predicted molar refractivity (Wildman–Crippen MR) is 59.9 cm³/mol. The van der Waals surface area contributed by atoms with Crippen molar-refractivity contribution < 1.29 is 0 Å². The van der Waals surface area contributed by atoms with E-state index in [1.165, 1.54) is 15.3 Å². The predicted octanol–water partition coefficient (Wildman–Crippen LogP) is 1.50.